The molecule has 0 aliphatic heterocycles. The lowest BCUT2D eigenvalue weighted by atomic mass is 9.89. The van der Waals surface area contributed by atoms with E-state index < -0.39 is 0 Å². The first-order valence-corrected chi connectivity index (χ1v) is 8.73. The van der Waals surface area contributed by atoms with Crippen LogP contribution in [0.3, 0.4) is 0 Å². The highest BCUT2D eigenvalue weighted by molar-refractivity contribution is 5.74. The lowest BCUT2D eigenvalue weighted by Gasteiger charge is -2.30. The SMILES string of the molecule is Cn1ccnc1CCNC(=O)NC1(Cc2ccccc2)CCCC1. The van der Waals surface area contributed by atoms with E-state index in [2.05, 4.69) is 39.9 Å². The number of hydrogen-bond acceptors (Lipinski definition) is 2. The molecular formula is C19H26N4O. The number of benzene rings is 1. The molecule has 1 aromatic carbocycles. The molecule has 5 heteroatoms. The molecule has 128 valence electrons. The molecule has 0 unspecified atom stereocenters. The molecule has 2 amide bonds. The number of aryl methyl sites for hydroxylation is 1. The number of carbonyl (C=O) groups is 1. The highest BCUT2D eigenvalue weighted by atomic mass is 16.2. The first kappa shape index (κ1) is 16.6. The molecule has 1 fully saturated rings. The molecule has 0 spiro atoms. The van der Waals surface area contributed by atoms with Crippen molar-refractivity contribution >= 4 is 6.03 Å². The minimum Gasteiger partial charge on any atom is -0.338 e. The van der Waals surface area contributed by atoms with E-state index in [1.165, 1.54) is 18.4 Å². The number of nitrogens with zero attached hydrogens (tertiary/aromatic N) is 2. The third kappa shape index (κ3) is 4.16. The fraction of sp³-hybridized carbons (Fsp3) is 0.474. The summed E-state index contributed by atoms with van der Waals surface area (Å²) in [5, 5.41) is 6.24. The molecule has 2 N–H and O–H groups in total. The molecule has 5 nitrogen and oxygen atoms in total. The third-order valence-corrected chi connectivity index (χ3v) is 4.88. The van der Waals surface area contributed by atoms with Gasteiger partial charge in [0.25, 0.3) is 0 Å². The van der Waals surface area contributed by atoms with Crippen LogP contribution in [0.15, 0.2) is 42.7 Å². The van der Waals surface area contributed by atoms with Gasteiger partial charge < -0.3 is 15.2 Å². The van der Waals surface area contributed by atoms with Crippen LogP contribution in [0.4, 0.5) is 4.79 Å². The molecule has 1 aliphatic carbocycles. The first-order chi connectivity index (χ1) is 11.7. The van der Waals surface area contributed by atoms with Gasteiger partial charge in [-0.1, -0.05) is 43.2 Å². The van der Waals surface area contributed by atoms with E-state index in [0.717, 1.165) is 31.5 Å². The van der Waals surface area contributed by atoms with Gasteiger partial charge in [0.2, 0.25) is 0 Å². The molecule has 1 aliphatic rings. The average Bonchev–Trinajstić information content (AvgIpc) is 3.18. The van der Waals surface area contributed by atoms with Gasteiger partial charge in [-0.25, -0.2) is 9.78 Å². The van der Waals surface area contributed by atoms with Gasteiger partial charge in [-0.15, -0.1) is 0 Å². The maximum atomic E-state index is 12.4. The second-order valence-corrected chi connectivity index (χ2v) is 6.74. The van der Waals surface area contributed by atoms with Crippen LogP contribution in [0.1, 0.15) is 37.1 Å². The minimum absolute atomic E-state index is 0.0676. The molecule has 24 heavy (non-hydrogen) atoms. The van der Waals surface area contributed by atoms with Gasteiger partial charge in [-0.2, -0.15) is 0 Å². The fourth-order valence-corrected chi connectivity index (χ4v) is 3.59. The van der Waals surface area contributed by atoms with Crippen LogP contribution in [-0.2, 0) is 19.9 Å². The number of imidazole rings is 1. The Bertz CT molecular complexity index is 659. The predicted octanol–water partition coefficient (Wildman–Crippen LogP) is 2.82. The quantitative estimate of drug-likeness (QED) is 0.857. The zero-order chi connectivity index (χ0) is 16.8. The number of amides is 2. The van der Waals surface area contributed by atoms with E-state index in [4.69, 9.17) is 0 Å². The van der Waals surface area contributed by atoms with Gasteiger partial charge in [0.05, 0.1) is 0 Å². The highest BCUT2D eigenvalue weighted by Crippen LogP contribution is 2.32. The van der Waals surface area contributed by atoms with Gasteiger partial charge in [0.1, 0.15) is 5.82 Å². The number of hydrogen-bond donors (Lipinski definition) is 2. The van der Waals surface area contributed by atoms with Crippen molar-refractivity contribution in [3.63, 3.8) is 0 Å². The summed E-state index contributed by atoms with van der Waals surface area (Å²) in [6, 6.07) is 10.4. The summed E-state index contributed by atoms with van der Waals surface area (Å²) in [7, 11) is 1.97. The number of nitrogens with one attached hydrogen (secondary N) is 2. The van der Waals surface area contributed by atoms with E-state index in [9.17, 15) is 4.79 Å². The molecular weight excluding hydrogens is 300 g/mol. The molecule has 1 saturated carbocycles. The zero-order valence-electron chi connectivity index (χ0n) is 14.3. The topological polar surface area (TPSA) is 59.0 Å². The van der Waals surface area contributed by atoms with Crippen molar-refractivity contribution < 1.29 is 4.79 Å². The van der Waals surface area contributed by atoms with E-state index in [1.807, 2.05) is 23.9 Å². The van der Waals surface area contributed by atoms with Crippen LogP contribution in [0.5, 0.6) is 0 Å². The molecule has 3 rings (SSSR count). The summed E-state index contributed by atoms with van der Waals surface area (Å²) in [6.45, 7) is 0.595. The molecule has 0 atom stereocenters. The summed E-state index contributed by atoms with van der Waals surface area (Å²) in [4.78, 5) is 16.6. The third-order valence-electron chi connectivity index (χ3n) is 4.88. The maximum absolute atomic E-state index is 12.4. The van der Waals surface area contributed by atoms with Crippen molar-refractivity contribution in [1.29, 1.82) is 0 Å². The molecule has 0 bridgehead atoms. The zero-order valence-corrected chi connectivity index (χ0v) is 14.3. The van der Waals surface area contributed by atoms with Gasteiger partial charge >= 0.3 is 6.03 Å². The van der Waals surface area contributed by atoms with E-state index in [0.29, 0.717) is 6.54 Å². The average molecular weight is 326 g/mol. The Morgan fingerprint density at radius 2 is 2.00 bits per heavy atom. The Kier molecular flexibility index (Phi) is 5.18. The summed E-state index contributed by atoms with van der Waals surface area (Å²) in [5.41, 5.74) is 1.18. The standard InChI is InChI=1S/C19H26N4O/c1-23-14-13-20-17(23)9-12-21-18(24)22-19(10-5-6-11-19)15-16-7-3-2-4-8-16/h2-4,7-8,13-14H,5-6,9-12,15H2,1H3,(H2,21,22,24). The molecule has 2 aromatic rings. The van der Waals surface area contributed by atoms with Crippen molar-refractivity contribution in [2.75, 3.05) is 6.54 Å². The fourth-order valence-electron chi connectivity index (χ4n) is 3.59. The van der Waals surface area contributed by atoms with Crippen molar-refractivity contribution in [1.82, 2.24) is 20.2 Å². The molecule has 1 aromatic heterocycles. The molecule has 1 heterocycles. The van der Waals surface area contributed by atoms with Crippen LogP contribution in [0.2, 0.25) is 0 Å². The van der Waals surface area contributed by atoms with Gasteiger partial charge in [-0.3, -0.25) is 0 Å². The Morgan fingerprint density at radius 1 is 1.25 bits per heavy atom. The van der Waals surface area contributed by atoms with Crippen LogP contribution < -0.4 is 10.6 Å². The highest BCUT2D eigenvalue weighted by Gasteiger charge is 2.35. The summed E-state index contributed by atoms with van der Waals surface area (Å²) >= 11 is 0. The summed E-state index contributed by atoms with van der Waals surface area (Å²) < 4.78 is 1.98. The smallest absolute Gasteiger partial charge is 0.315 e. The molecule has 0 radical (unpaired) electrons. The van der Waals surface area contributed by atoms with Crippen LogP contribution in [0, 0.1) is 0 Å². The van der Waals surface area contributed by atoms with Crippen LogP contribution in [-0.4, -0.2) is 27.7 Å². The number of urea groups is 1. The number of rotatable bonds is 6. The Morgan fingerprint density at radius 3 is 2.67 bits per heavy atom. The van der Waals surface area contributed by atoms with E-state index in [-0.39, 0.29) is 11.6 Å². The van der Waals surface area contributed by atoms with E-state index >= 15 is 0 Å². The van der Waals surface area contributed by atoms with E-state index in [1.54, 1.807) is 6.20 Å². The monoisotopic (exact) mass is 326 g/mol. The van der Waals surface area contributed by atoms with Crippen molar-refractivity contribution in [3.05, 3.63) is 54.1 Å². The van der Waals surface area contributed by atoms with Crippen LogP contribution >= 0.6 is 0 Å². The lowest BCUT2D eigenvalue weighted by molar-refractivity contribution is 0.224. The Hall–Kier alpha value is -2.30. The largest absolute Gasteiger partial charge is 0.338 e. The normalized spacial score (nSPS) is 16.0. The first-order valence-electron chi connectivity index (χ1n) is 8.73. The maximum Gasteiger partial charge on any atom is 0.315 e. The van der Waals surface area contributed by atoms with Crippen molar-refractivity contribution in [2.24, 2.45) is 7.05 Å². The lowest BCUT2D eigenvalue weighted by Crippen LogP contribution is -2.52. The van der Waals surface area contributed by atoms with Crippen molar-refractivity contribution in [2.45, 2.75) is 44.1 Å². The minimum atomic E-state index is -0.103. The Labute approximate surface area is 143 Å². The number of carbonyl (C=O) groups excluding carboxylic acids is 1. The van der Waals surface area contributed by atoms with Gasteiger partial charge in [0, 0.05) is 37.9 Å². The number of aromatic nitrogens is 2. The second kappa shape index (κ2) is 7.51. The predicted molar refractivity (Wildman–Crippen MR) is 94.8 cm³/mol. The second-order valence-electron chi connectivity index (χ2n) is 6.74. The van der Waals surface area contributed by atoms with Gasteiger partial charge in [-0.05, 0) is 24.8 Å². The van der Waals surface area contributed by atoms with Crippen molar-refractivity contribution in [3.8, 4) is 0 Å². The Balaban J connectivity index is 1.53. The molecule has 0 saturated heterocycles. The summed E-state index contributed by atoms with van der Waals surface area (Å²) in [5.74, 6) is 0.982. The van der Waals surface area contributed by atoms with Crippen LogP contribution in [0.25, 0.3) is 0 Å². The summed E-state index contributed by atoms with van der Waals surface area (Å²) in [6.07, 6.45) is 9.80. The van der Waals surface area contributed by atoms with Gasteiger partial charge in [0.15, 0.2) is 0 Å².